The number of nitrogens with zero attached hydrogens (tertiary/aromatic N) is 5. The van der Waals surface area contributed by atoms with Crippen LogP contribution < -0.4 is 9.62 Å². The van der Waals surface area contributed by atoms with Gasteiger partial charge in [-0.3, -0.25) is 14.1 Å². The molecule has 0 saturated heterocycles. The van der Waals surface area contributed by atoms with Crippen molar-refractivity contribution in [2.45, 2.75) is 39.0 Å². The molecule has 3 aliphatic rings. The minimum absolute atomic E-state index is 0.0346. The first-order chi connectivity index (χ1) is 17.9. The molecular formula is C26H29F2N6O3S+. The highest BCUT2D eigenvalue weighted by atomic mass is 32.2. The van der Waals surface area contributed by atoms with Crippen LogP contribution in [0.2, 0.25) is 0 Å². The van der Waals surface area contributed by atoms with Gasteiger partial charge in [0.1, 0.15) is 17.2 Å². The van der Waals surface area contributed by atoms with E-state index in [-0.39, 0.29) is 41.9 Å². The van der Waals surface area contributed by atoms with Crippen molar-refractivity contribution in [1.29, 1.82) is 0 Å². The van der Waals surface area contributed by atoms with Crippen LogP contribution >= 0.6 is 0 Å². The van der Waals surface area contributed by atoms with Crippen LogP contribution in [-0.4, -0.2) is 68.3 Å². The molecule has 9 nitrogen and oxygen atoms in total. The summed E-state index contributed by atoms with van der Waals surface area (Å²) in [5, 5.41) is 7.74. The molecule has 1 aromatic heterocycles. The molecule has 3 heterocycles. The van der Waals surface area contributed by atoms with Crippen LogP contribution in [0.5, 0.6) is 0 Å². The van der Waals surface area contributed by atoms with Gasteiger partial charge >= 0.3 is 0 Å². The number of aliphatic imine (C=N–C) groups is 1. The molecule has 1 saturated carbocycles. The molecule has 1 aliphatic carbocycles. The maximum absolute atomic E-state index is 13.5. The van der Waals surface area contributed by atoms with Gasteiger partial charge in [0.2, 0.25) is 10.0 Å². The Bertz CT molecular complexity index is 1530. The van der Waals surface area contributed by atoms with Crippen molar-refractivity contribution in [1.82, 2.24) is 4.98 Å². The molecule has 0 amide bonds. The lowest BCUT2D eigenvalue weighted by Crippen LogP contribution is -2.26. The van der Waals surface area contributed by atoms with Gasteiger partial charge in [-0.05, 0) is 43.1 Å². The third-order valence-corrected chi connectivity index (χ3v) is 8.09. The van der Waals surface area contributed by atoms with Crippen molar-refractivity contribution in [3.8, 4) is 0 Å². The number of Topliss-reactive ketones (excluding diaryl/α,β-unsaturated/α-hetero) is 1. The third kappa shape index (κ3) is 5.22. The molecule has 0 radical (unpaired) electrons. The van der Waals surface area contributed by atoms with E-state index in [1.807, 2.05) is 26.3 Å². The molecule has 1 atom stereocenters. The Morgan fingerprint density at radius 3 is 2.58 bits per heavy atom. The number of hydrazone groups is 1. The fourth-order valence-electron chi connectivity index (χ4n) is 4.68. The van der Waals surface area contributed by atoms with Crippen LogP contribution in [0.15, 0.2) is 34.4 Å². The Morgan fingerprint density at radius 2 is 1.97 bits per heavy atom. The van der Waals surface area contributed by atoms with Crippen molar-refractivity contribution >= 4 is 56.2 Å². The number of aromatic nitrogens is 1. The minimum Gasteiger partial charge on any atom is -0.352 e. The summed E-state index contributed by atoms with van der Waals surface area (Å²) in [6.45, 7) is 2.00. The third-order valence-electron chi connectivity index (χ3n) is 6.90. The SMILES string of the molecule is CC1C=[N+](C)N=C1c1ccc(Nc2cc(CC(=O)C3CC3)nc3c2N=C(C(F)F)C3)c(N(C)S(C)(=O)=O)c1. The molecule has 1 N–H and O–H groups in total. The van der Waals surface area contributed by atoms with Crippen molar-refractivity contribution in [3.05, 3.63) is 41.2 Å². The fraction of sp³-hybridized carbons (Fsp3) is 0.423. The topological polar surface area (TPSA) is 107 Å². The molecule has 200 valence electrons. The zero-order chi connectivity index (χ0) is 27.4. The van der Waals surface area contributed by atoms with E-state index < -0.39 is 16.4 Å². The number of hydrogen-bond donors (Lipinski definition) is 1. The highest BCUT2D eigenvalue weighted by Crippen LogP contribution is 2.40. The van der Waals surface area contributed by atoms with Gasteiger partial charge in [-0.25, -0.2) is 22.2 Å². The van der Waals surface area contributed by atoms with Gasteiger partial charge in [0.15, 0.2) is 13.3 Å². The first-order valence-corrected chi connectivity index (χ1v) is 14.2. The second kappa shape index (κ2) is 9.64. The van der Waals surface area contributed by atoms with Crippen LogP contribution in [-0.2, 0) is 27.7 Å². The number of carbonyl (C=O) groups is 1. The number of pyridine rings is 1. The second-order valence-electron chi connectivity index (χ2n) is 10.0. The Hall–Kier alpha value is -3.54. The number of halogens is 2. The molecule has 0 spiro atoms. The van der Waals surface area contributed by atoms with Crippen LogP contribution in [0.1, 0.15) is 36.7 Å². The van der Waals surface area contributed by atoms with Crippen LogP contribution in [0, 0.1) is 11.8 Å². The molecule has 12 heteroatoms. The van der Waals surface area contributed by atoms with Crippen molar-refractivity contribution < 1.29 is 26.7 Å². The van der Waals surface area contributed by atoms with Crippen LogP contribution in [0.4, 0.5) is 31.5 Å². The highest BCUT2D eigenvalue weighted by molar-refractivity contribution is 7.92. The van der Waals surface area contributed by atoms with Gasteiger partial charge in [0.05, 0.1) is 46.3 Å². The van der Waals surface area contributed by atoms with E-state index in [1.165, 1.54) is 7.05 Å². The zero-order valence-corrected chi connectivity index (χ0v) is 22.4. The number of hydrogen-bond acceptors (Lipinski definition) is 7. The van der Waals surface area contributed by atoms with Crippen molar-refractivity contribution in [3.63, 3.8) is 0 Å². The summed E-state index contributed by atoms with van der Waals surface area (Å²) in [5.41, 5.74) is 3.53. The summed E-state index contributed by atoms with van der Waals surface area (Å²) < 4.78 is 55.0. The summed E-state index contributed by atoms with van der Waals surface area (Å²) in [6.07, 6.45) is 2.04. The van der Waals surface area contributed by atoms with Gasteiger partial charge in [-0.2, -0.15) is 0 Å². The summed E-state index contributed by atoms with van der Waals surface area (Å²) in [7, 11) is -0.370. The first-order valence-electron chi connectivity index (χ1n) is 12.3. The molecule has 1 fully saturated rings. The molecule has 2 aliphatic heterocycles. The Kier molecular flexibility index (Phi) is 6.62. The fourth-order valence-corrected chi connectivity index (χ4v) is 5.19. The standard InChI is InChI=1S/C26H29F2N6O3S/c1-14-13-33(2)32-24(14)16-7-8-18(22(9-16)34(3)38(4,36)37)30-19-10-17(11-23(35)15-5-6-15)29-20-12-21(26(27)28)31-25(19)20/h7-10,13-15,26H,5-6,11-12H2,1-4H3,(H,29,30)/q+1. The largest absolute Gasteiger partial charge is 0.352 e. The number of nitrogens with one attached hydrogen (secondary N) is 1. The van der Waals surface area contributed by atoms with E-state index in [0.717, 1.165) is 34.7 Å². The molecular weight excluding hydrogens is 514 g/mol. The van der Waals surface area contributed by atoms with E-state index in [2.05, 4.69) is 20.4 Å². The van der Waals surface area contributed by atoms with Gasteiger partial charge < -0.3 is 5.32 Å². The smallest absolute Gasteiger partial charge is 0.277 e. The molecule has 1 unspecified atom stereocenters. The Labute approximate surface area is 220 Å². The summed E-state index contributed by atoms with van der Waals surface area (Å²) >= 11 is 0. The Balaban J connectivity index is 1.57. The van der Waals surface area contributed by atoms with E-state index in [0.29, 0.717) is 28.5 Å². The molecule has 38 heavy (non-hydrogen) atoms. The van der Waals surface area contributed by atoms with E-state index in [9.17, 15) is 22.0 Å². The van der Waals surface area contributed by atoms with Gasteiger partial charge in [0.25, 0.3) is 6.43 Å². The van der Waals surface area contributed by atoms with E-state index in [1.54, 1.807) is 22.9 Å². The number of anilines is 3. The van der Waals surface area contributed by atoms with Gasteiger partial charge in [0, 0.05) is 31.4 Å². The Morgan fingerprint density at radius 1 is 1.24 bits per heavy atom. The highest BCUT2D eigenvalue weighted by Gasteiger charge is 2.32. The number of fused-ring (bicyclic) bond motifs is 1. The monoisotopic (exact) mass is 543 g/mol. The lowest BCUT2D eigenvalue weighted by Gasteiger charge is -2.23. The normalized spacial score (nSPS) is 18.7. The van der Waals surface area contributed by atoms with E-state index in [4.69, 9.17) is 0 Å². The minimum atomic E-state index is -3.64. The molecule has 2 aromatic rings. The quantitative estimate of drug-likeness (QED) is 0.486. The number of ketones is 1. The lowest BCUT2D eigenvalue weighted by atomic mass is 9.99. The number of carbonyl (C=O) groups excluding carboxylic acids is 1. The predicted molar refractivity (Wildman–Crippen MR) is 143 cm³/mol. The van der Waals surface area contributed by atoms with E-state index >= 15 is 0 Å². The van der Waals surface area contributed by atoms with Gasteiger partial charge in [-0.15, -0.1) is 0 Å². The number of benzene rings is 1. The molecule has 0 bridgehead atoms. The molecule has 1 aromatic carbocycles. The summed E-state index contributed by atoms with van der Waals surface area (Å²) in [4.78, 5) is 21.1. The second-order valence-corrected chi connectivity index (χ2v) is 12.1. The average Bonchev–Trinajstić information content (AvgIpc) is 3.51. The van der Waals surface area contributed by atoms with Gasteiger partial charge in [-0.1, -0.05) is 10.8 Å². The first kappa shape index (κ1) is 26.1. The summed E-state index contributed by atoms with van der Waals surface area (Å²) in [6, 6.07) is 6.94. The zero-order valence-electron chi connectivity index (χ0n) is 21.6. The van der Waals surface area contributed by atoms with Crippen LogP contribution in [0.25, 0.3) is 0 Å². The maximum atomic E-state index is 13.5. The average molecular weight is 544 g/mol. The number of alkyl halides is 2. The molecule has 5 rings (SSSR count). The predicted octanol–water partition coefficient (Wildman–Crippen LogP) is 3.70. The maximum Gasteiger partial charge on any atom is 0.277 e. The summed E-state index contributed by atoms with van der Waals surface area (Å²) in [5.74, 6) is 0.146. The van der Waals surface area contributed by atoms with Crippen LogP contribution in [0.3, 0.4) is 0 Å². The van der Waals surface area contributed by atoms with Crippen molar-refractivity contribution in [2.24, 2.45) is 21.9 Å². The lowest BCUT2D eigenvalue weighted by molar-refractivity contribution is -0.495. The number of rotatable bonds is 9. The van der Waals surface area contributed by atoms with Crippen molar-refractivity contribution in [2.75, 3.05) is 30.0 Å². The number of sulfonamides is 1.